The molecule has 4 heavy (non-hydrogen) atoms. The Balaban J connectivity index is -0.00000000500. The molecule has 0 aliphatic heterocycles. The number of nitrogens with zero attached hydrogens (tertiary/aromatic N) is 1. The SMILES string of the molecule is [C-]#N.[Fe].[K+]. The van der Waals surface area contributed by atoms with Gasteiger partial charge in [0.05, 0.1) is 0 Å². The predicted octanol–water partition coefficient (Wildman–Crippen LogP) is -2.90. The summed E-state index contributed by atoms with van der Waals surface area (Å²) in [5.41, 5.74) is 0. The molecule has 0 bridgehead atoms. The third-order valence-corrected chi connectivity index (χ3v) is 0. The van der Waals surface area contributed by atoms with Gasteiger partial charge in [-0.2, -0.15) is 0 Å². The van der Waals surface area contributed by atoms with Crippen LogP contribution in [0.2, 0.25) is 0 Å². The minimum atomic E-state index is 0. The van der Waals surface area contributed by atoms with Crippen molar-refractivity contribution in [1.82, 2.24) is 0 Å². The van der Waals surface area contributed by atoms with Crippen LogP contribution < -0.4 is 51.4 Å². The zero-order valence-corrected chi connectivity index (χ0v) is 6.53. The molecule has 0 atom stereocenters. The molecule has 3 heteroatoms. The molecule has 0 aromatic heterocycles. The molecule has 0 unspecified atom stereocenters. The first-order valence-corrected chi connectivity index (χ1v) is 0.224. The van der Waals surface area contributed by atoms with E-state index >= 15 is 0 Å². The average Bonchev–Trinajstić information content (AvgIpc) is 1.00. The second kappa shape index (κ2) is 22.8. The van der Waals surface area contributed by atoms with Crippen LogP contribution in [0, 0.1) is 11.8 Å². The van der Waals surface area contributed by atoms with E-state index in [9.17, 15) is 0 Å². The van der Waals surface area contributed by atoms with Gasteiger partial charge < -0.3 is 11.8 Å². The van der Waals surface area contributed by atoms with E-state index in [4.69, 9.17) is 11.8 Å². The summed E-state index contributed by atoms with van der Waals surface area (Å²) >= 11 is 0. The Bertz CT molecular complexity index is 12.8. The molecular formula is CFeKN. The maximum Gasteiger partial charge on any atom is 1.00 e. The zero-order valence-electron chi connectivity index (χ0n) is 2.30. The van der Waals surface area contributed by atoms with Crippen molar-refractivity contribution < 1.29 is 68.5 Å². The number of hydrogen-bond donors (Lipinski definition) is 0. The van der Waals surface area contributed by atoms with E-state index in [1.54, 1.807) is 0 Å². The predicted molar refractivity (Wildman–Crippen MR) is 4.97 cm³/mol. The second-order valence-electron chi connectivity index (χ2n) is 0. The zero-order chi connectivity index (χ0) is 2.00. The van der Waals surface area contributed by atoms with Crippen LogP contribution >= 0.6 is 0 Å². The molecule has 18 valence electrons. The Morgan fingerprint density at radius 2 is 1.25 bits per heavy atom. The van der Waals surface area contributed by atoms with Crippen molar-refractivity contribution in [3.63, 3.8) is 0 Å². The van der Waals surface area contributed by atoms with Gasteiger partial charge in [0.25, 0.3) is 0 Å². The third-order valence-electron chi connectivity index (χ3n) is 0. The van der Waals surface area contributed by atoms with Gasteiger partial charge in [0.1, 0.15) is 0 Å². The molecule has 0 aromatic rings. The summed E-state index contributed by atoms with van der Waals surface area (Å²) in [6, 6.07) is 0. The maximum absolute atomic E-state index is 6.25. The van der Waals surface area contributed by atoms with Crippen molar-refractivity contribution in [2.75, 3.05) is 0 Å². The fraction of sp³-hybridized carbons (Fsp3) is 0. The molecule has 0 fully saturated rings. The van der Waals surface area contributed by atoms with E-state index in [2.05, 4.69) is 0 Å². The Labute approximate surface area is 78.7 Å². The molecule has 0 radical (unpaired) electrons. The molecule has 0 saturated carbocycles. The molecule has 0 aliphatic carbocycles. The number of hydrogen-bond acceptors (Lipinski definition) is 1. The van der Waals surface area contributed by atoms with Crippen LogP contribution in [-0.4, -0.2) is 0 Å². The minimum Gasteiger partial charge on any atom is -0.512 e. The Morgan fingerprint density at radius 1 is 1.25 bits per heavy atom. The smallest absolute Gasteiger partial charge is 0.512 e. The van der Waals surface area contributed by atoms with Crippen LogP contribution in [0.4, 0.5) is 0 Å². The van der Waals surface area contributed by atoms with E-state index in [1.807, 2.05) is 0 Å². The van der Waals surface area contributed by atoms with Gasteiger partial charge in [-0.05, 0) is 0 Å². The quantitative estimate of drug-likeness (QED) is 0.249. The molecule has 0 rings (SSSR count). The van der Waals surface area contributed by atoms with Gasteiger partial charge in [0, 0.05) is 17.1 Å². The monoisotopic (exact) mass is 121 g/mol. The van der Waals surface area contributed by atoms with Crippen molar-refractivity contribution in [2.24, 2.45) is 0 Å². The summed E-state index contributed by atoms with van der Waals surface area (Å²) < 4.78 is 0. The van der Waals surface area contributed by atoms with Crippen LogP contribution in [0.1, 0.15) is 0 Å². The van der Waals surface area contributed by atoms with Crippen LogP contribution in [0.3, 0.4) is 0 Å². The van der Waals surface area contributed by atoms with Crippen LogP contribution in [0.5, 0.6) is 0 Å². The molecule has 0 N–H and O–H groups in total. The first kappa shape index (κ1) is 17.4. The van der Waals surface area contributed by atoms with Gasteiger partial charge in [0.2, 0.25) is 0 Å². The maximum atomic E-state index is 6.25. The molecule has 0 amide bonds. The van der Waals surface area contributed by atoms with Gasteiger partial charge in [-0.15, -0.1) is 0 Å². The summed E-state index contributed by atoms with van der Waals surface area (Å²) in [5, 5.41) is 6.25. The van der Waals surface area contributed by atoms with Gasteiger partial charge in [-0.3, -0.25) is 0 Å². The van der Waals surface area contributed by atoms with Crippen LogP contribution in [0.25, 0.3) is 0 Å². The van der Waals surface area contributed by atoms with Gasteiger partial charge in [-0.25, -0.2) is 0 Å². The largest absolute Gasteiger partial charge is 1.00 e. The van der Waals surface area contributed by atoms with Crippen molar-refractivity contribution in [1.29, 1.82) is 5.26 Å². The Morgan fingerprint density at radius 3 is 1.25 bits per heavy atom. The van der Waals surface area contributed by atoms with E-state index in [0.717, 1.165) is 0 Å². The minimum absolute atomic E-state index is 0. The molecule has 0 saturated heterocycles. The topological polar surface area (TPSA) is 23.8 Å². The summed E-state index contributed by atoms with van der Waals surface area (Å²) in [5.74, 6) is 0. The van der Waals surface area contributed by atoms with Crippen molar-refractivity contribution >= 4 is 0 Å². The fourth-order valence-corrected chi connectivity index (χ4v) is 0. The summed E-state index contributed by atoms with van der Waals surface area (Å²) in [7, 11) is 0. The fourth-order valence-electron chi connectivity index (χ4n) is 0. The summed E-state index contributed by atoms with van der Waals surface area (Å²) in [6.07, 6.45) is 0. The number of rotatable bonds is 0. The van der Waals surface area contributed by atoms with Crippen LogP contribution in [-0.2, 0) is 17.1 Å². The third kappa shape index (κ3) is 9.42. The molecule has 0 spiro atoms. The molecule has 1 nitrogen and oxygen atoms in total. The van der Waals surface area contributed by atoms with E-state index in [0.29, 0.717) is 0 Å². The van der Waals surface area contributed by atoms with Crippen molar-refractivity contribution in [3.8, 4) is 0 Å². The standard InChI is InChI=1S/CN.Fe.K/c1-2;;/q-1;;+1. The van der Waals surface area contributed by atoms with Crippen LogP contribution in [0.15, 0.2) is 0 Å². The van der Waals surface area contributed by atoms with E-state index < -0.39 is 0 Å². The molecule has 0 aromatic carbocycles. The van der Waals surface area contributed by atoms with Gasteiger partial charge >= 0.3 is 51.4 Å². The first-order valence-electron chi connectivity index (χ1n) is 0.224. The van der Waals surface area contributed by atoms with Crippen molar-refractivity contribution in [3.05, 3.63) is 6.57 Å². The van der Waals surface area contributed by atoms with Gasteiger partial charge in [-0.1, -0.05) is 0 Å². The molecule has 0 aliphatic rings. The van der Waals surface area contributed by atoms with E-state index in [1.165, 1.54) is 0 Å². The van der Waals surface area contributed by atoms with Gasteiger partial charge in [0.15, 0.2) is 0 Å². The molecule has 0 heterocycles. The molecular weight excluding hydrogens is 121 g/mol. The first-order chi connectivity index (χ1) is 1.00. The average molecular weight is 121 g/mol. The Hall–Kier alpha value is 1.65. The Kier molecular flexibility index (Phi) is 99.2. The normalized spacial score (nSPS) is 0.500. The summed E-state index contributed by atoms with van der Waals surface area (Å²) in [4.78, 5) is 0. The van der Waals surface area contributed by atoms with Crippen molar-refractivity contribution in [2.45, 2.75) is 0 Å². The van der Waals surface area contributed by atoms with E-state index in [-0.39, 0.29) is 68.5 Å². The second-order valence-corrected chi connectivity index (χ2v) is 0. The summed E-state index contributed by atoms with van der Waals surface area (Å²) in [6.45, 7) is 4.75.